The molecule has 0 fully saturated rings. The molecule has 0 saturated heterocycles. The van der Waals surface area contributed by atoms with E-state index in [0.717, 1.165) is 23.2 Å². The Morgan fingerprint density at radius 2 is 1.79 bits per heavy atom. The molecule has 6 nitrogen and oxygen atoms in total. The minimum absolute atomic E-state index is 0.162. The van der Waals surface area contributed by atoms with Crippen molar-refractivity contribution in [3.05, 3.63) is 93.8 Å². The Bertz CT molecular complexity index is 1200. The van der Waals surface area contributed by atoms with Gasteiger partial charge in [0, 0.05) is 28.4 Å². The molecule has 1 aromatic heterocycles. The smallest absolute Gasteiger partial charge is 0.336 e. The number of nitrogens with one attached hydrogen (secondary N) is 1. The monoisotopic (exact) mass is 463 g/mol. The van der Waals surface area contributed by atoms with Gasteiger partial charge < -0.3 is 10.1 Å². The van der Waals surface area contributed by atoms with Crippen molar-refractivity contribution in [3.8, 4) is 0 Å². The van der Waals surface area contributed by atoms with E-state index in [9.17, 15) is 9.59 Å². The zero-order valence-electron chi connectivity index (χ0n) is 18.7. The van der Waals surface area contributed by atoms with E-state index < -0.39 is 11.9 Å². The molecule has 0 amide bonds. The van der Waals surface area contributed by atoms with Crippen LogP contribution in [0.4, 0.5) is 5.82 Å². The SMILES string of the molecule is CCCC1=C(C(=O)OCC)C(c2ccccc2Cl)c2cn(C(=O)Cc3ccccc3)nc2N1. The van der Waals surface area contributed by atoms with E-state index in [1.165, 1.54) is 4.68 Å². The maximum atomic E-state index is 13.1. The van der Waals surface area contributed by atoms with Gasteiger partial charge in [-0.3, -0.25) is 4.79 Å². The third kappa shape index (κ3) is 4.71. The predicted molar refractivity (Wildman–Crippen MR) is 128 cm³/mol. The zero-order chi connectivity index (χ0) is 23.4. The summed E-state index contributed by atoms with van der Waals surface area (Å²) in [6, 6.07) is 17.0. The Balaban J connectivity index is 1.81. The Hall–Kier alpha value is -3.38. The van der Waals surface area contributed by atoms with Crippen LogP contribution in [0.2, 0.25) is 5.02 Å². The maximum absolute atomic E-state index is 13.1. The molecular weight excluding hydrogens is 438 g/mol. The molecule has 33 heavy (non-hydrogen) atoms. The van der Waals surface area contributed by atoms with Crippen LogP contribution in [0, 0.1) is 0 Å². The molecule has 1 unspecified atom stereocenters. The number of carbonyl (C=O) groups excluding carboxylic acids is 2. The van der Waals surface area contributed by atoms with Gasteiger partial charge in [-0.2, -0.15) is 0 Å². The zero-order valence-corrected chi connectivity index (χ0v) is 19.4. The first-order valence-electron chi connectivity index (χ1n) is 11.1. The number of anilines is 1. The number of rotatable bonds is 7. The molecule has 0 saturated carbocycles. The van der Waals surface area contributed by atoms with Crippen LogP contribution in [-0.4, -0.2) is 28.3 Å². The normalized spacial score (nSPS) is 15.1. The highest BCUT2D eigenvalue weighted by Gasteiger charge is 2.37. The summed E-state index contributed by atoms with van der Waals surface area (Å²) in [6.07, 6.45) is 3.38. The molecular formula is C26H26ClN3O3. The minimum atomic E-state index is -0.492. The third-order valence-corrected chi connectivity index (χ3v) is 5.95. The van der Waals surface area contributed by atoms with Gasteiger partial charge in [0.25, 0.3) is 5.91 Å². The van der Waals surface area contributed by atoms with Crippen molar-refractivity contribution < 1.29 is 14.3 Å². The van der Waals surface area contributed by atoms with Crippen LogP contribution in [0.25, 0.3) is 0 Å². The number of carbonyl (C=O) groups is 2. The highest BCUT2D eigenvalue weighted by Crippen LogP contribution is 2.44. The van der Waals surface area contributed by atoms with Crippen LogP contribution in [0.15, 0.2) is 72.1 Å². The van der Waals surface area contributed by atoms with Crippen molar-refractivity contribution in [2.75, 3.05) is 11.9 Å². The number of halogens is 1. The molecule has 1 aliphatic rings. The van der Waals surface area contributed by atoms with Crippen LogP contribution in [0.3, 0.4) is 0 Å². The van der Waals surface area contributed by atoms with Gasteiger partial charge in [0.2, 0.25) is 0 Å². The quantitative estimate of drug-likeness (QED) is 0.462. The van der Waals surface area contributed by atoms with Gasteiger partial charge >= 0.3 is 5.97 Å². The highest BCUT2D eigenvalue weighted by atomic mass is 35.5. The number of aromatic nitrogens is 2. The highest BCUT2D eigenvalue weighted by molar-refractivity contribution is 6.31. The fourth-order valence-corrected chi connectivity index (χ4v) is 4.39. The number of benzene rings is 2. The first-order valence-corrected chi connectivity index (χ1v) is 11.5. The number of allylic oxidation sites excluding steroid dienone is 1. The van der Waals surface area contributed by atoms with Crippen molar-refractivity contribution >= 4 is 29.3 Å². The first-order chi connectivity index (χ1) is 16.0. The number of nitrogens with zero attached hydrogens (tertiary/aromatic N) is 2. The Morgan fingerprint density at radius 1 is 1.06 bits per heavy atom. The fourth-order valence-electron chi connectivity index (χ4n) is 4.14. The standard InChI is InChI=1S/C26H26ClN3O3/c1-3-10-21-24(26(32)33-4-2)23(18-13-8-9-14-20(18)27)19-16-30(29-25(19)28-21)22(31)15-17-11-6-5-7-12-17/h5-9,11-14,16,23H,3-4,10,15H2,1-2H3,(H,28,29). The molecule has 2 aromatic carbocycles. The van der Waals surface area contributed by atoms with Gasteiger partial charge in [0.15, 0.2) is 5.82 Å². The van der Waals surface area contributed by atoms with Gasteiger partial charge in [0.1, 0.15) is 0 Å². The van der Waals surface area contributed by atoms with Crippen LogP contribution < -0.4 is 5.32 Å². The van der Waals surface area contributed by atoms with E-state index in [-0.39, 0.29) is 18.9 Å². The molecule has 0 bridgehead atoms. The van der Waals surface area contributed by atoms with Crippen LogP contribution >= 0.6 is 11.6 Å². The lowest BCUT2D eigenvalue weighted by molar-refractivity contribution is -0.138. The Labute approximate surface area is 198 Å². The van der Waals surface area contributed by atoms with Gasteiger partial charge in [-0.25, -0.2) is 9.48 Å². The van der Waals surface area contributed by atoms with E-state index in [1.54, 1.807) is 19.2 Å². The largest absolute Gasteiger partial charge is 0.463 e. The van der Waals surface area contributed by atoms with Crippen molar-refractivity contribution in [2.45, 2.75) is 39.0 Å². The average molecular weight is 464 g/mol. The third-order valence-electron chi connectivity index (χ3n) is 5.60. The van der Waals surface area contributed by atoms with Gasteiger partial charge in [-0.05, 0) is 30.5 Å². The van der Waals surface area contributed by atoms with Crippen molar-refractivity contribution in [1.82, 2.24) is 9.78 Å². The predicted octanol–water partition coefficient (Wildman–Crippen LogP) is 5.59. The number of fused-ring (bicyclic) bond motifs is 1. The number of hydrogen-bond donors (Lipinski definition) is 1. The second-order valence-corrected chi connectivity index (χ2v) is 8.28. The molecule has 0 spiro atoms. The minimum Gasteiger partial charge on any atom is -0.463 e. The Kier molecular flexibility index (Phi) is 6.94. The lowest BCUT2D eigenvalue weighted by Crippen LogP contribution is -2.25. The summed E-state index contributed by atoms with van der Waals surface area (Å²) in [5.41, 5.74) is 3.65. The van der Waals surface area contributed by atoms with Crippen molar-refractivity contribution in [3.63, 3.8) is 0 Å². The topological polar surface area (TPSA) is 73.2 Å². The van der Waals surface area contributed by atoms with Gasteiger partial charge in [-0.15, -0.1) is 5.10 Å². The Morgan fingerprint density at radius 3 is 2.48 bits per heavy atom. The summed E-state index contributed by atoms with van der Waals surface area (Å²) in [4.78, 5) is 26.1. The van der Waals surface area contributed by atoms with E-state index in [0.29, 0.717) is 28.4 Å². The lowest BCUT2D eigenvalue weighted by Gasteiger charge is -2.28. The maximum Gasteiger partial charge on any atom is 0.336 e. The number of hydrogen-bond acceptors (Lipinski definition) is 5. The molecule has 4 rings (SSSR count). The summed E-state index contributed by atoms with van der Waals surface area (Å²) < 4.78 is 6.78. The molecule has 1 N–H and O–H groups in total. The second kappa shape index (κ2) is 10.0. The van der Waals surface area contributed by atoms with E-state index in [4.69, 9.17) is 16.3 Å². The molecule has 1 aliphatic heterocycles. The first kappa shape index (κ1) is 22.8. The molecule has 3 aromatic rings. The van der Waals surface area contributed by atoms with Crippen molar-refractivity contribution in [2.24, 2.45) is 0 Å². The van der Waals surface area contributed by atoms with Crippen molar-refractivity contribution in [1.29, 1.82) is 0 Å². The lowest BCUT2D eigenvalue weighted by atomic mass is 9.82. The molecule has 170 valence electrons. The van der Waals surface area contributed by atoms with E-state index in [1.807, 2.05) is 55.5 Å². The van der Waals surface area contributed by atoms with Crippen LogP contribution in [0.5, 0.6) is 0 Å². The summed E-state index contributed by atoms with van der Waals surface area (Å²) in [5.74, 6) is -0.496. The van der Waals surface area contributed by atoms with E-state index >= 15 is 0 Å². The molecule has 7 heteroatoms. The molecule has 0 aliphatic carbocycles. The molecule has 1 atom stereocenters. The number of ether oxygens (including phenoxy) is 1. The average Bonchev–Trinajstić information content (AvgIpc) is 3.24. The molecule has 2 heterocycles. The van der Waals surface area contributed by atoms with Gasteiger partial charge in [0.05, 0.1) is 18.6 Å². The van der Waals surface area contributed by atoms with Gasteiger partial charge in [-0.1, -0.05) is 73.5 Å². The summed E-state index contributed by atoms with van der Waals surface area (Å²) in [5, 5.41) is 8.39. The number of esters is 1. The summed E-state index contributed by atoms with van der Waals surface area (Å²) >= 11 is 6.58. The fraction of sp³-hybridized carbons (Fsp3) is 0.269. The van der Waals surface area contributed by atoms with Crippen LogP contribution in [0.1, 0.15) is 54.1 Å². The summed E-state index contributed by atoms with van der Waals surface area (Å²) in [7, 11) is 0. The van der Waals surface area contributed by atoms with E-state index in [2.05, 4.69) is 10.4 Å². The second-order valence-electron chi connectivity index (χ2n) is 7.88. The molecule has 0 radical (unpaired) electrons. The summed E-state index contributed by atoms with van der Waals surface area (Å²) in [6.45, 7) is 4.09. The van der Waals surface area contributed by atoms with Crippen LogP contribution in [-0.2, 0) is 16.0 Å².